The first kappa shape index (κ1) is 12.5. The molecule has 1 aliphatic rings. The molecule has 1 aliphatic heterocycles. The van der Waals surface area contributed by atoms with E-state index in [0.29, 0.717) is 18.7 Å². The number of carbonyl (C=O) groups is 1. The van der Waals surface area contributed by atoms with Crippen LogP contribution in [-0.2, 0) is 11.2 Å². The smallest absolute Gasteiger partial charge is 0.233 e. The predicted octanol–water partition coefficient (Wildman–Crippen LogP) is 1.80. The zero-order valence-electron chi connectivity index (χ0n) is 9.89. The summed E-state index contributed by atoms with van der Waals surface area (Å²) in [7, 11) is 0. The number of rotatable bonds is 5. The van der Waals surface area contributed by atoms with Gasteiger partial charge in [0.2, 0.25) is 5.91 Å². The van der Waals surface area contributed by atoms with Crippen molar-refractivity contribution in [2.24, 2.45) is 0 Å². The van der Waals surface area contributed by atoms with Gasteiger partial charge in [0.05, 0.1) is 5.75 Å². The molecule has 0 aliphatic carbocycles. The molecule has 0 bridgehead atoms. The SMILES string of the molecule is CCc1ccc(C2SCC(=O)N2CCCO)o1. The zero-order valence-corrected chi connectivity index (χ0v) is 10.7. The van der Waals surface area contributed by atoms with E-state index in [9.17, 15) is 4.79 Å². The van der Waals surface area contributed by atoms with E-state index in [1.165, 1.54) is 0 Å². The van der Waals surface area contributed by atoms with Gasteiger partial charge in [-0.25, -0.2) is 0 Å². The van der Waals surface area contributed by atoms with E-state index in [1.807, 2.05) is 19.1 Å². The topological polar surface area (TPSA) is 53.7 Å². The van der Waals surface area contributed by atoms with Crippen molar-refractivity contribution in [1.29, 1.82) is 0 Å². The van der Waals surface area contributed by atoms with Crippen molar-refractivity contribution in [2.45, 2.75) is 25.1 Å². The van der Waals surface area contributed by atoms with Gasteiger partial charge < -0.3 is 14.4 Å². The first-order chi connectivity index (χ1) is 8.26. The second-order valence-electron chi connectivity index (χ2n) is 3.99. The summed E-state index contributed by atoms with van der Waals surface area (Å²) in [6.07, 6.45) is 1.48. The summed E-state index contributed by atoms with van der Waals surface area (Å²) in [4.78, 5) is 13.5. The molecular formula is C12H17NO3S. The van der Waals surface area contributed by atoms with Crippen molar-refractivity contribution in [3.05, 3.63) is 23.7 Å². The fourth-order valence-corrected chi connectivity index (χ4v) is 3.05. The second kappa shape index (κ2) is 5.60. The molecule has 1 fully saturated rings. The number of nitrogens with zero attached hydrogens (tertiary/aromatic N) is 1. The Balaban J connectivity index is 2.10. The summed E-state index contributed by atoms with van der Waals surface area (Å²) in [5.74, 6) is 2.42. The van der Waals surface area contributed by atoms with Gasteiger partial charge in [-0.05, 0) is 18.6 Å². The van der Waals surface area contributed by atoms with Gasteiger partial charge >= 0.3 is 0 Å². The molecule has 17 heavy (non-hydrogen) atoms. The Morgan fingerprint density at radius 3 is 3.06 bits per heavy atom. The molecule has 1 atom stereocenters. The molecule has 1 aromatic rings. The van der Waals surface area contributed by atoms with Crippen molar-refractivity contribution >= 4 is 17.7 Å². The lowest BCUT2D eigenvalue weighted by atomic mass is 10.3. The molecule has 4 nitrogen and oxygen atoms in total. The quantitative estimate of drug-likeness (QED) is 0.871. The van der Waals surface area contributed by atoms with Crippen molar-refractivity contribution < 1.29 is 14.3 Å². The average molecular weight is 255 g/mol. The number of furan rings is 1. The number of amides is 1. The van der Waals surface area contributed by atoms with Crippen molar-refractivity contribution in [1.82, 2.24) is 4.90 Å². The lowest BCUT2D eigenvalue weighted by Gasteiger charge is -2.21. The summed E-state index contributed by atoms with van der Waals surface area (Å²) < 4.78 is 5.70. The third-order valence-electron chi connectivity index (χ3n) is 2.80. The molecule has 94 valence electrons. The largest absolute Gasteiger partial charge is 0.463 e. The van der Waals surface area contributed by atoms with Crippen LogP contribution in [0, 0.1) is 0 Å². The average Bonchev–Trinajstić information content (AvgIpc) is 2.93. The van der Waals surface area contributed by atoms with E-state index in [1.54, 1.807) is 16.7 Å². The van der Waals surface area contributed by atoms with Gasteiger partial charge in [-0.3, -0.25) is 4.79 Å². The second-order valence-corrected chi connectivity index (χ2v) is 5.05. The molecule has 1 saturated heterocycles. The molecule has 5 heteroatoms. The minimum Gasteiger partial charge on any atom is -0.463 e. The molecule has 0 radical (unpaired) electrons. The minimum absolute atomic E-state index is 0.0191. The van der Waals surface area contributed by atoms with E-state index in [-0.39, 0.29) is 17.9 Å². The maximum Gasteiger partial charge on any atom is 0.233 e. The van der Waals surface area contributed by atoms with Gasteiger partial charge in [0.15, 0.2) is 0 Å². The Hall–Kier alpha value is -0.940. The van der Waals surface area contributed by atoms with Crippen molar-refractivity contribution in [3.8, 4) is 0 Å². The molecule has 1 amide bonds. The van der Waals surface area contributed by atoms with E-state index in [2.05, 4.69) is 0 Å². The zero-order chi connectivity index (χ0) is 12.3. The highest BCUT2D eigenvalue weighted by Gasteiger charge is 2.34. The van der Waals surface area contributed by atoms with Crippen LogP contribution in [0.15, 0.2) is 16.5 Å². The number of thioether (sulfide) groups is 1. The summed E-state index contributed by atoms with van der Waals surface area (Å²) in [6.45, 7) is 2.74. The molecule has 0 spiro atoms. The number of aryl methyl sites for hydroxylation is 1. The van der Waals surface area contributed by atoms with Gasteiger partial charge in [0.25, 0.3) is 0 Å². The molecule has 2 rings (SSSR count). The summed E-state index contributed by atoms with van der Waals surface area (Å²) in [5.41, 5.74) is 0. The summed E-state index contributed by atoms with van der Waals surface area (Å²) in [6, 6.07) is 3.91. The van der Waals surface area contributed by atoms with E-state index in [0.717, 1.165) is 17.9 Å². The lowest BCUT2D eigenvalue weighted by molar-refractivity contribution is -0.128. The van der Waals surface area contributed by atoms with Crippen LogP contribution in [-0.4, -0.2) is 34.8 Å². The fraction of sp³-hybridized carbons (Fsp3) is 0.583. The highest BCUT2D eigenvalue weighted by Crippen LogP contribution is 2.39. The van der Waals surface area contributed by atoms with Gasteiger partial charge in [0, 0.05) is 19.6 Å². The lowest BCUT2D eigenvalue weighted by Crippen LogP contribution is -2.29. The van der Waals surface area contributed by atoms with Crippen LogP contribution in [0.1, 0.15) is 30.2 Å². The van der Waals surface area contributed by atoms with Gasteiger partial charge in [-0.15, -0.1) is 11.8 Å². The summed E-state index contributed by atoms with van der Waals surface area (Å²) in [5, 5.41) is 8.82. The van der Waals surface area contributed by atoms with E-state index < -0.39 is 0 Å². The normalized spacial score (nSPS) is 20.2. The van der Waals surface area contributed by atoms with Gasteiger partial charge in [-0.1, -0.05) is 6.92 Å². The Labute approximate surface area is 105 Å². The molecule has 2 heterocycles. The third kappa shape index (κ3) is 2.66. The molecule has 0 aromatic carbocycles. The molecule has 1 aromatic heterocycles. The Kier molecular flexibility index (Phi) is 4.12. The molecular weight excluding hydrogens is 238 g/mol. The number of hydrogen-bond donors (Lipinski definition) is 1. The number of aliphatic hydroxyl groups is 1. The predicted molar refractivity (Wildman–Crippen MR) is 66.7 cm³/mol. The monoisotopic (exact) mass is 255 g/mol. The van der Waals surface area contributed by atoms with Gasteiger partial charge in [0.1, 0.15) is 16.9 Å². The van der Waals surface area contributed by atoms with Crippen molar-refractivity contribution in [3.63, 3.8) is 0 Å². The number of aliphatic hydroxyl groups excluding tert-OH is 1. The maximum atomic E-state index is 11.7. The van der Waals surface area contributed by atoms with Crippen LogP contribution in [0.2, 0.25) is 0 Å². The molecule has 1 N–H and O–H groups in total. The van der Waals surface area contributed by atoms with Crippen LogP contribution < -0.4 is 0 Å². The molecule has 1 unspecified atom stereocenters. The Morgan fingerprint density at radius 1 is 1.59 bits per heavy atom. The van der Waals surface area contributed by atoms with E-state index >= 15 is 0 Å². The maximum absolute atomic E-state index is 11.7. The van der Waals surface area contributed by atoms with Crippen LogP contribution in [0.25, 0.3) is 0 Å². The Morgan fingerprint density at radius 2 is 2.41 bits per heavy atom. The standard InChI is InChI=1S/C12H17NO3S/c1-2-9-4-5-10(16-9)12-13(6-3-7-14)11(15)8-17-12/h4-5,12,14H,2-3,6-8H2,1H3. The molecule has 0 saturated carbocycles. The van der Waals surface area contributed by atoms with Crippen LogP contribution in [0.4, 0.5) is 0 Å². The Bertz CT molecular complexity index is 391. The third-order valence-corrected chi connectivity index (χ3v) is 4.02. The highest BCUT2D eigenvalue weighted by atomic mass is 32.2. The first-order valence-electron chi connectivity index (χ1n) is 5.86. The van der Waals surface area contributed by atoms with E-state index in [4.69, 9.17) is 9.52 Å². The first-order valence-corrected chi connectivity index (χ1v) is 6.91. The summed E-state index contributed by atoms with van der Waals surface area (Å²) >= 11 is 1.59. The van der Waals surface area contributed by atoms with Crippen molar-refractivity contribution in [2.75, 3.05) is 18.9 Å². The van der Waals surface area contributed by atoms with Crippen LogP contribution in [0.3, 0.4) is 0 Å². The number of hydrogen-bond acceptors (Lipinski definition) is 4. The fourth-order valence-electron chi connectivity index (χ4n) is 1.89. The highest BCUT2D eigenvalue weighted by molar-refractivity contribution is 8.00. The van der Waals surface area contributed by atoms with Crippen LogP contribution >= 0.6 is 11.8 Å². The van der Waals surface area contributed by atoms with Crippen LogP contribution in [0.5, 0.6) is 0 Å². The minimum atomic E-state index is -0.0191. The van der Waals surface area contributed by atoms with Gasteiger partial charge in [-0.2, -0.15) is 0 Å². The number of carbonyl (C=O) groups excluding carboxylic acids is 1.